The van der Waals surface area contributed by atoms with E-state index in [4.69, 9.17) is 0 Å². The summed E-state index contributed by atoms with van der Waals surface area (Å²) >= 11 is 1.09. The normalized spacial score (nSPS) is 32.2. The minimum Gasteiger partial charge on any atom is -0.332 e. The highest BCUT2D eigenvalue weighted by Gasteiger charge is 2.51. The molecule has 3 amide bonds. The smallest absolute Gasteiger partial charge is 0.321 e. The summed E-state index contributed by atoms with van der Waals surface area (Å²) in [5.74, 6) is -0.203. The van der Waals surface area contributed by atoms with E-state index in [1.165, 1.54) is 25.3 Å². The average molecular weight is 394 g/mol. The van der Waals surface area contributed by atoms with E-state index in [0.29, 0.717) is 22.6 Å². The van der Waals surface area contributed by atoms with Crippen molar-refractivity contribution in [2.75, 3.05) is 0 Å². The lowest BCUT2D eigenvalue weighted by Crippen LogP contribution is -2.62. The van der Waals surface area contributed by atoms with Crippen LogP contribution in [-0.4, -0.2) is 22.7 Å². The fourth-order valence-electron chi connectivity index (χ4n) is 5.56. The maximum absolute atomic E-state index is 13.3. The molecule has 4 fully saturated rings. The molecule has 4 saturated carbocycles. The Kier molecular flexibility index (Phi) is 4.91. The van der Waals surface area contributed by atoms with Gasteiger partial charge >= 0.3 is 6.03 Å². The van der Waals surface area contributed by atoms with Crippen molar-refractivity contribution in [3.63, 3.8) is 0 Å². The Morgan fingerprint density at radius 2 is 1.67 bits per heavy atom. The Bertz CT molecular complexity index is 735. The van der Waals surface area contributed by atoms with Gasteiger partial charge in [-0.2, -0.15) is 0 Å². The SMILES string of the molecule is CC(Sc1ccc(F)c(F)c1)C(=O)NC(=O)NC12CC3CC(CC(C3)C1)C2. The van der Waals surface area contributed by atoms with Gasteiger partial charge in [0.2, 0.25) is 5.91 Å². The molecule has 4 aliphatic rings. The van der Waals surface area contributed by atoms with Gasteiger partial charge in [-0.25, -0.2) is 13.6 Å². The fourth-order valence-corrected chi connectivity index (χ4v) is 6.45. The number of urea groups is 1. The van der Waals surface area contributed by atoms with Crippen molar-refractivity contribution in [1.82, 2.24) is 10.6 Å². The summed E-state index contributed by atoms with van der Waals surface area (Å²) < 4.78 is 26.3. The van der Waals surface area contributed by atoms with Crippen LogP contribution in [0.4, 0.5) is 13.6 Å². The average Bonchev–Trinajstić information content (AvgIpc) is 2.56. The molecule has 1 unspecified atom stereocenters. The topological polar surface area (TPSA) is 58.2 Å². The second kappa shape index (κ2) is 7.08. The zero-order valence-corrected chi connectivity index (χ0v) is 16.1. The van der Waals surface area contributed by atoms with Gasteiger partial charge in [0, 0.05) is 10.4 Å². The predicted molar refractivity (Wildman–Crippen MR) is 99.3 cm³/mol. The molecule has 2 N–H and O–H groups in total. The second-order valence-corrected chi connectivity index (χ2v) is 9.89. The van der Waals surface area contributed by atoms with Gasteiger partial charge in [-0.15, -0.1) is 11.8 Å². The second-order valence-electron chi connectivity index (χ2n) is 8.48. The number of benzene rings is 1. The molecule has 7 heteroatoms. The van der Waals surface area contributed by atoms with Crippen LogP contribution in [0, 0.1) is 29.4 Å². The maximum atomic E-state index is 13.3. The van der Waals surface area contributed by atoms with Crippen molar-refractivity contribution in [2.24, 2.45) is 17.8 Å². The Morgan fingerprint density at radius 1 is 1.07 bits per heavy atom. The van der Waals surface area contributed by atoms with Crippen molar-refractivity contribution in [3.8, 4) is 0 Å². The molecule has 0 aromatic heterocycles. The molecule has 4 bridgehead atoms. The van der Waals surface area contributed by atoms with Gasteiger partial charge in [0.25, 0.3) is 0 Å². The first-order chi connectivity index (χ1) is 12.8. The molecule has 1 aromatic rings. The minimum absolute atomic E-state index is 0.157. The van der Waals surface area contributed by atoms with E-state index in [1.54, 1.807) is 6.92 Å². The van der Waals surface area contributed by atoms with Crippen LogP contribution < -0.4 is 10.6 Å². The zero-order valence-electron chi connectivity index (χ0n) is 15.3. The molecule has 5 rings (SSSR count). The van der Waals surface area contributed by atoms with E-state index in [1.807, 2.05) is 0 Å². The first kappa shape index (κ1) is 18.7. The molecular weight excluding hydrogens is 370 g/mol. The molecule has 27 heavy (non-hydrogen) atoms. The molecule has 0 spiro atoms. The van der Waals surface area contributed by atoms with Crippen LogP contribution in [0.15, 0.2) is 23.1 Å². The molecule has 4 nitrogen and oxygen atoms in total. The Balaban J connectivity index is 1.32. The molecule has 0 aliphatic heterocycles. The standard InChI is InChI=1S/C20H24F2N2O2S/c1-11(27-15-2-3-16(21)17(22)7-15)18(25)23-19(26)24-20-8-12-4-13(9-20)6-14(5-12)10-20/h2-3,7,11-14H,4-6,8-10H2,1H3,(H2,23,24,25,26). The number of hydrogen-bond donors (Lipinski definition) is 2. The number of rotatable bonds is 4. The molecular formula is C20H24F2N2O2S. The molecule has 4 aliphatic carbocycles. The lowest BCUT2D eigenvalue weighted by atomic mass is 9.53. The highest BCUT2D eigenvalue weighted by molar-refractivity contribution is 8.00. The quantitative estimate of drug-likeness (QED) is 0.751. The summed E-state index contributed by atoms with van der Waals surface area (Å²) in [6.07, 6.45) is 6.88. The summed E-state index contributed by atoms with van der Waals surface area (Å²) in [7, 11) is 0. The van der Waals surface area contributed by atoms with Crippen molar-refractivity contribution >= 4 is 23.7 Å². The molecule has 1 aromatic carbocycles. The molecule has 1 atom stereocenters. The van der Waals surface area contributed by atoms with Gasteiger partial charge in [-0.3, -0.25) is 10.1 Å². The van der Waals surface area contributed by atoms with Crippen molar-refractivity contribution in [3.05, 3.63) is 29.8 Å². The number of thioether (sulfide) groups is 1. The lowest BCUT2D eigenvalue weighted by Gasteiger charge is -2.56. The summed E-state index contributed by atoms with van der Waals surface area (Å²) in [5, 5.41) is 4.92. The van der Waals surface area contributed by atoms with Crippen LogP contribution in [0.5, 0.6) is 0 Å². The molecule has 0 heterocycles. The fraction of sp³-hybridized carbons (Fsp3) is 0.600. The molecule has 0 saturated heterocycles. The molecule has 146 valence electrons. The number of carbonyl (C=O) groups excluding carboxylic acids is 2. The number of imide groups is 1. The van der Waals surface area contributed by atoms with Gasteiger partial charge in [0.15, 0.2) is 11.6 Å². The van der Waals surface area contributed by atoms with Crippen LogP contribution in [-0.2, 0) is 4.79 Å². The highest BCUT2D eigenvalue weighted by atomic mass is 32.2. The van der Waals surface area contributed by atoms with Crippen LogP contribution in [0.1, 0.15) is 45.4 Å². The van der Waals surface area contributed by atoms with Crippen LogP contribution in [0.25, 0.3) is 0 Å². The highest BCUT2D eigenvalue weighted by Crippen LogP contribution is 2.55. The van der Waals surface area contributed by atoms with E-state index in [9.17, 15) is 18.4 Å². The van der Waals surface area contributed by atoms with Crippen LogP contribution in [0.3, 0.4) is 0 Å². The van der Waals surface area contributed by atoms with Crippen molar-refractivity contribution in [1.29, 1.82) is 0 Å². The Morgan fingerprint density at radius 3 is 2.22 bits per heavy atom. The predicted octanol–water partition coefficient (Wildman–Crippen LogP) is 4.24. The minimum atomic E-state index is -0.952. The van der Waals surface area contributed by atoms with Gasteiger partial charge in [0.1, 0.15) is 0 Å². The number of hydrogen-bond acceptors (Lipinski definition) is 3. The first-order valence-corrected chi connectivity index (χ1v) is 10.4. The summed E-state index contributed by atoms with van der Waals surface area (Å²) in [6.45, 7) is 1.64. The summed E-state index contributed by atoms with van der Waals surface area (Å²) in [4.78, 5) is 25.2. The Hall–Kier alpha value is -1.63. The third-order valence-electron chi connectivity index (χ3n) is 6.23. The number of halogens is 2. The van der Waals surface area contributed by atoms with E-state index in [2.05, 4.69) is 10.6 Å². The van der Waals surface area contributed by atoms with E-state index >= 15 is 0 Å². The van der Waals surface area contributed by atoms with E-state index in [0.717, 1.165) is 43.2 Å². The van der Waals surface area contributed by atoms with Gasteiger partial charge in [0.05, 0.1) is 5.25 Å². The van der Waals surface area contributed by atoms with E-state index in [-0.39, 0.29) is 5.54 Å². The van der Waals surface area contributed by atoms with Crippen LogP contribution in [0.2, 0.25) is 0 Å². The summed E-state index contributed by atoms with van der Waals surface area (Å²) in [5.41, 5.74) is -0.157. The first-order valence-electron chi connectivity index (χ1n) is 9.56. The lowest BCUT2D eigenvalue weighted by molar-refractivity contribution is -0.119. The van der Waals surface area contributed by atoms with Gasteiger partial charge in [-0.05, 0) is 81.4 Å². The number of carbonyl (C=O) groups is 2. The third kappa shape index (κ3) is 3.98. The van der Waals surface area contributed by atoms with Crippen molar-refractivity contribution < 1.29 is 18.4 Å². The van der Waals surface area contributed by atoms with E-state index < -0.39 is 28.8 Å². The zero-order chi connectivity index (χ0) is 19.2. The van der Waals surface area contributed by atoms with Gasteiger partial charge < -0.3 is 5.32 Å². The van der Waals surface area contributed by atoms with Crippen LogP contribution >= 0.6 is 11.8 Å². The number of nitrogens with one attached hydrogen (secondary N) is 2. The summed E-state index contributed by atoms with van der Waals surface area (Å²) in [6, 6.07) is 3.06. The van der Waals surface area contributed by atoms with Gasteiger partial charge in [-0.1, -0.05) is 0 Å². The largest absolute Gasteiger partial charge is 0.332 e. The monoisotopic (exact) mass is 394 g/mol. The van der Waals surface area contributed by atoms with Crippen molar-refractivity contribution in [2.45, 2.75) is 61.1 Å². The number of amides is 3. The maximum Gasteiger partial charge on any atom is 0.321 e. The molecule has 0 radical (unpaired) electrons. The Labute approximate surface area is 161 Å². The third-order valence-corrected chi connectivity index (χ3v) is 7.32.